The molecule has 27 heavy (non-hydrogen) atoms. The zero-order valence-corrected chi connectivity index (χ0v) is 15.6. The molecule has 142 valence electrons. The molecule has 0 N–H and O–H groups in total. The molecule has 0 bridgehead atoms. The zero-order valence-electron chi connectivity index (χ0n) is 15.6. The third-order valence-corrected chi connectivity index (χ3v) is 5.63. The van der Waals surface area contributed by atoms with Crippen LogP contribution in [0.5, 0.6) is 0 Å². The molecule has 2 aromatic heterocycles. The van der Waals surface area contributed by atoms with Crippen LogP contribution < -0.4 is 5.56 Å². The lowest BCUT2D eigenvalue weighted by Crippen LogP contribution is -2.55. The maximum absolute atomic E-state index is 12.2. The third-order valence-electron chi connectivity index (χ3n) is 5.63. The number of likely N-dealkylation sites (tertiary alicyclic amines) is 2. The van der Waals surface area contributed by atoms with Gasteiger partial charge in [-0.2, -0.15) is 5.10 Å². The Morgan fingerprint density at radius 2 is 2.00 bits per heavy atom. The highest BCUT2D eigenvalue weighted by Gasteiger charge is 2.32. The second-order valence-corrected chi connectivity index (χ2v) is 7.62. The van der Waals surface area contributed by atoms with Crippen molar-refractivity contribution in [2.75, 3.05) is 26.7 Å². The van der Waals surface area contributed by atoms with Gasteiger partial charge in [0.1, 0.15) is 0 Å². The predicted molar refractivity (Wildman–Crippen MR) is 102 cm³/mol. The smallest absolute Gasteiger partial charge is 0.266 e. The van der Waals surface area contributed by atoms with Gasteiger partial charge in [-0.05, 0) is 31.0 Å². The molecule has 0 spiro atoms. The fourth-order valence-electron chi connectivity index (χ4n) is 4.01. The van der Waals surface area contributed by atoms with Crippen molar-refractivity contribution in [2.24, 2.45) is 5.92 Å². The molecule has 0 aromatic carbocycles. The first-order valence-electron chi connectivity index (χ1n) is 9.57. The molecule has 0 aliphatic carbocycles. The van der Waals surface area contributed by atoms with Crippen molar-refractivity contribution < 1.29 is 4.79 Å². The predicted octanol–water partition coefficient (Wildman–Crippen LogP) is 1.25. The summed E-state index contributed by atoms with van der Waals surface area (Å²) in [5.74, 6) is 0.676. The molecular weight excluding hydrogens is 342 g/mol. The quantitative estimate of drug-likeness (QED) is 0.795. The lowest BCUT2D eigenvalue weighted by Gasteiger charge is -2.44. The Hall–Kier alpha value is -2.54. The van der Waals surface area contributed by atoms with Gasteiger partial charge >= 0.3 is 0 Å². The molecule has 1 unspecified atom stereocenters. The van der Waals surface area contributed by atoms with Crippen molar-refractivity contribution in [3.63, 3.8) is 0 Å². The third kappa shape index (κ3) is 3.93. The normalized spacial score (nSPS) is 21.3. The van der Waals surface area contributed by atoms with Crippen LogP contribution in [-0.2, 0) is 11.3 Å². The number of rotatable bonds is 5. The van der Waals surface area contributed by atoms with Crippen LogP contribution in [0.15, 0.2) is 41.5 Å². The van der Waals surface area contributed by atoms with Gasteiger partial charge in [0.05, 0.1) is 12.2 Å². The van der Waals surface area contributed by atoms with Gasteiger partial charge in [0, 0.05) is 69.1 Å². The van der Waals surface area contributed by atoms with Gasteiger partial charge in [0.2, 0.25) is 5.91 Å². The van der Waals surface area contributed by atoms with E-state index in [1.165, 1.54) is 0 Å². The van der Waals surface area contributed by atoms with Crippen LogP contribution in [0.2, 0.25) is 0 Å². The number of likely N-dealkylation sites (N-methyl/N-ethyl adjacent to an activating group) is 1. The Balaban J connectivity index is 1.35. The fourth-order valence-corrected chi connectivity index (χ4v) is 4.01. The maximum atomic E-state index is 12.2. The summed E-state index contributed by atoms with van der Waals surface area (Å²) in [6, 6.07) is 7.45. The molecule has 2 aliphatic rings. The van der Waals surface area contributed by atoms with E-state index < -0.39 is 0 Å². The fraction of sp³-hybridized carbons (Fsp3) is 0.500. The van der Waals surface area contributed by atoms with Crippen molar-refractivity contribution >= 4 is 5.91 Å². The Bertz CT molecular complexity index is 860. The molecule has 4 heterocycles. The highest BCUT2D eigenvalue weighted by molar-refractivity contribution is 5.76. The van der Waals surface area contributed by atoms with Crippen LogP contribution in [0.1, 0.15) is 19.3 Å². The molecule has 7 heteroatoms. The molecule has 2 aliphatic heterocycles. The van der Waals surface area contributed by atoms with E-state index in [0.717, 1.165) is 43.7 Å². The number of carbonyl (C=O) groups excluding carboxylic acids is 1. The topological polar surface area (TPSA) is 71.3 Å². The Morgan fingerprint density at radius 1 is 1.15 bits per heavy atom. The minimum Gasteiger partial charge on any atom is -0.341 e. The summed E-state index contributed by atoms with van der Waals surface area (Å²) in [5, 5.41) is 4.52. The van der Waals surface area contributed by atoms with Crippen molar-refractivity contribution in [1.82, 2.24) is 24.6 Å². The molecule has 4 rings (SSSR count). The number of hydrogen-bond donors (Lipinski definition) is 0. The Kier molecular flexibility index (Phi) is 5.03. The van der Waals surface area contributed by atoms with Crippen molar-refractivity contribution in [1.29, 1.82) is 0 Å². The first kappa shape index (κ1) is 17.9. The number of pyridine rings is 1. The molecule has 0 radical (unpaired) electrons. The Labute approximate surface area is 158 Å². The lowest BCUT2D eigenvalue weighted by molar-refractivity contribution is -0.135. The molecule has 1 atom stereocenters. The van der Waals surface area contributed by atoms with Crippen molar-refractivity contribution in [3.8, 4) is 11.3 Å². The van der Waals surface area contributed by atoms with E-state index in [4.69, 9.17) is 0 Å². The number of piperidine rings is 1. The van der Waals surface area contributed by atoms with Crippen LogP contribution in [0.25, 0.3) is 11.3 Å². The molecular formula is C20H25N5O2. The van der Waals surface area contributed by atoms with Gasteiger partial charge in [-0.25, -0.2) is 4.68 Å². The van der Waals surface area contributed by atoms with E-state index in [1.54, 1.807) is 29.2 Å². The molecule has 2 fully saturated rings. The number of carbonyl (C=O) groups is 1. The number of hydrogen-bond acceptors (Lipinski definition) is 5. The zero-order chi connectivity index (χ0) is 18.8. The van der Waals surface area contributed by atoms with Crippen LogP contribution in [-0.4, -0.2) is 63.2 Å². The minimum absolute atomic E-state index is 0.0706. The van der Waals surface area contributed by atoms with E-state index in [2.05, 4.69) is 15.0 Å². The van der Waals surface area contributed by atoms with E-state index in [0.29, 0.717) is 24.9 Å². The first-order chi connectivity index (χ1) is 13.1. The number of nitrogens with zero attached hydrogens (tertiary/aromatic N) is 5. The summed E-state index contributed by atoms with van der Waals surface area (Å²) in [5.41, 5.74) is 1.60. The monoisotopic (exact) mass is 367 g/mol. The van der Waals surface area contributed by atoms with Crippen molar-refractivity contribution in [3.05, 3.63) is 47.0 Å². The standard InChI is InChI=1S/C20H25N5O2/c1-23-17(5-2-6-19(23)26)14-24-11-15(12-24)13-25-20(27)8-7-18(22-25)16-4-3-9-21-10-16/h3-4,7-10,15,17H,2,5-6,11-14H2,1H3. The maximum Gasteiger partial charge on any atom is 0.266 e. The van der Waals surface area contributed by atoms with Crippen LogP contribution in [0, 0.1) is 5.92 Å². The highest BCUT2D eigenvalue weighted by atomic mass is 16.2. The summed E-state index contributed by atoms with van der Waals surface area (Å²) >= 11 is 0. The van der Waals surface area contributed by atoms with E-state index in [1.807, 2.05) is 24.1 Å². The average molecular weight is 367 g/mol. The summed E-state index contributed by atoms with van der Waals surface area (Å²) in [4.78, 5) is 32.4. The van der Waals surface area contributed by atoms with Gasteiger partial charge in [0.25, 0.3) is 5.56 Å². The van der Waals surface area contributed by atoms with E-state index in [-0.39, 0.29) is 11.5 Å². The molecule has 2 aromatic rings. The summed E-state index contributed by atoms with van der Waals surface area (Å²) < 4.78 is 1.57. The van der Waals surface area contributed by atoms with Crippen molar-refractivity contribution in [2.45, 2.75) is 31.8 Å². The SMILES string of the molecule is CN1C(=O)CCCC1CN1CC(Cn2nc(-c3cccnc3)ccc2=O)C1. The van der Waals surface area contributed by atoms with Gasteiger partial charge in [-0.1, -0.05) is 0 Å². The average Bonchev–Trinajstić information content (AvgIpc) is 2.65. The lowest BCUT2D eigenvalue weighted by atomic mass is 9.96. The van der Waals surface area contributed by atoms with Gasteiger partial charge < -0.3 is 9.80 Å². The van der Waals surface area contributed by atoms with Gasteiger partial charge in [-0.3, -0.25) is 14.6 Å². The Morgan fingerprint density at radius 3 is 2.78 bits per heavy atom. The summed E-state index contributed by atoms with van der Waals surface area (Å²) in [7, 11) is 1.91. The molecule has 1 amide bonds. The largest absolute Gasteiger partial charge is 0.341 e. The first-order valence-corrected chi connectivity index (χ1v) is 9.57. The number of aromatic nitrogens is 3. The molecule has 2 saturated heterocycles. The van der Waals surface area contributed by atoms with Crippen LogP contribution in [0.4, 0.5) is 0 Å². The highest BCUT2D eigenvalue weighted by Crippen LogP contribution is 2.23. The second kappa shape index (κ2) is 7.60. The van der Waals surface area contributed by atoms with E-state index >= 15 is 0 Å². The van der Waals surface area contributed by atoms with Crippen LogP contribution >= 0.6 is 0 Å². The summed E-state index contributed by atoms with van der Waals surface area (Å²) in [6.45, 7) is 3.45. The van der Waals surface area contributed by atoms with Crippen LogP contribution in [0.3, 0.4) is 0 Å². The number of amides is 1. The molecule has 0 saturated carbocycles. The second-order valence-electron chi connectivity index (χ2n) is 7.62. The van der Waals surface area contributed by atoms with Gasteiger partial charge in [0.15, 0.2) is 0 Å². The minimum atomic E-state index is -0.0706. The van der Waals surface area contributed by atoms with Gasteiger partial charge in [-0.15, -0.1) is 0 Å². The van der Waals surface area contributed by atoms with E-state index in [9.17, 15) is 9.59 Å². The molecule has 7 nitrogen and oxygen atoms in total. The summed E-state index contributed by atoms with van der Waals surface area (Å²) in [6.07, 6.45) is 6.23.